The van der Waals surface area contributed by atoms with Crippen LogP contribution in [0.2, 0.25) is 0 Å². The molecule has 0 aromatic rings. The molecule has 0 radical (unpaired) electrons. The lowest BCUT2D eigenvalue weighted by molar-refractivity contribution is 0.0776. The first-order valence-corrected chi connectivity index (χ1v) is 8.45. The number of hydrogen-bond donors (Lipinski definition) is 1. The quantitative estimate of drug-likeness (QED) is 0.793. The Morgan fingerprint density at radius 3 is 1.95 bits per heavy atom. The van der Waals surface area contributed by atoms with Gasteiger partial charge in [-0.1, -0.05) is 33.3 Å². The van der Waals surface area contributed by atoms with Crippen LogP contribution in [0.5, 0.6) is 0 Å². The molecular weight excluding hydrogens is 246 g/mol. The Balaban J connectivity index is 2.29. The normalized spacial score (nSPS) is 27.6. The van der Waals surface area contributed by atoms with E-state index in [4.69, 9.17) is 0 Å². The maximum Gasteiger partial charge on any atom is 0.0763 e. The van der Waals surface area contributed by atoms with Crippen molar-refractivity contribution >= 4 is 0 Å². The predicted molar refractivity (Wildman–Crippen MR) is 85.7 cm³/mol. The molecule has 0 bridgehead atoms. The molecule has 2 rings (SSSR count). The van der Waals surface area contributed by atoms with Crippen LogP contribution in [0.15, 0.2) is 11.1 Å². The molecule has 20 heavy (non-hydrogen) atoms. The molecule has 1 saturated heterocycles. The molecule has 0 amide bonds. The van der Waals surface area contributed by atoms with Gasteiger partial charge < -0.3 is 10.0 Å². The van der Waals surface area contributed by atoms with E-state index in [1.165, 1.54) is 31.5 Å². The zero-order chi connectivity index (χ0) is 15.1. The van der Waals surface area contributed by atoms with E-state index < -0.39 is 0 Å². The van der Waals surface area contributed by atoms with Gasteiger partial charge in [-0.25, -0.2) is 0 Å². The van der Waals surface area contributed by atoms with Gasteiger partial charge in [0, 0.05) is 6.04 Å². The second-order valence-electron chi connectivity index (χ2n) is 7.81. The van der Waals surface area contributed by atoms with E-state index in [1.54, 1.807) is 5.57 Å². The van der Waals surface area contributed by atoms with E-state index >= 15 is 0 Å². The summed E-state index contributed by atoms with van der Waals surface area (Å²) < 4.78 is 0. The van der Waals surface area contributed by atoms with Crippen molar-refractivity contribution in [3.63, 3.8) is 0 Å². The first-order chi connectivity index (χ1) is 9.28. The number of hydrogen-bond acceptors (Lipinski definition) is 2. The van der Waals surface area contributed by atoms with Gasteiger partial charge in [-0.3, -0.25) is 0 Å². The second kappa shape index (κ2) is 5.81. The van der Waals surface area contributed by atoms with E-state index in [-0.39, 0.29) is 6.10 Å². The van der Waals surface area contributed by atoms with Crippen molar-refractivity contribution in [2.75, 3.05) is 13.1 Å². The van der Waals surface area contributed by atoms with Crippen molar-refractivity contribution in [2.24, 2.45) is 17.3 Å². The van der Waals surface area contributed by atoms with Crippen molar-refractivity contribution in [1.29, 1.82) is 0 Å². The number of aliphatic hydroxyl groups excluding tert-OH is 1. The van der Waals surface area contributed by atoms with Crippen molar-refractivity contribution in [2.45, 2.75) is 73.0 Å². The number of aliphatic hydroxyl groups is 1. The van der Waals surface area contributed by atoms with Crippen LogP contribution in [0.4, 0.5) is 0 Å². The number of nitrogens with zero attached hydrogens (tertiary/aromatic N) is 1. The minimum Gasteiger partial charge on any atom is -0.389 e. The number of piperidine rings is 1. The van der Waals surface area contributed by atoms with Crippen molar-refractivity contribution in [1.82, 2.24) is 4.90 Å². The van der Waals surface area contributed by atoms with Gasteiger partial charge in [-0.05, 0) is 69.0 Å². The molecular formula is C18H33NO. The monoisotopic (exact) mass is 279 g/mol. The lowest BCUT2D eigenvalue weighted by Crippen LogP contribution is -2.44. The summed E-state index contributed by atoms with van der Waals surface area (Å²) in [7, 11) is 0. The van der Waals surface area contributed by atoms with Crippen LogP contribution in [0.1, 0.15) is 60.8 Å². The molecule has 1 aliphatic carbocycles. The highest BCUT2D eigenvalue weighted by atomic mass is 16.3. The summed E-state index contributed by atoms with van der Waals surface area (Å²) in [5.74, 6) is 1.04. The van der Waals surface area contributed by atoms with Crippen LogP contribution >= 0.6 is 0 Å². The maximum absolute atomic E-state index is 10.6. The number of likely N-dealkylation sites (tertiary alicyclic amines) is 1. The molecule has 1 aliphatic heterocycles. The van der Waals surface area contributed by atoms with Gasteiger partial charge in [0.2, 0.25) is 0 Å². The Bertz CT molecular complexity index is 373. The summed E-state index contributed by atoms with van der Waals surface area (Å²) >= 11 is 0. The van der Waals surface area contributed by atoms with Crippen LogP contribution in [0, 0.1) is 17.3 Å². The van der Waals surface area contributed by atoms with Crippen LogP contribution in [0.3, 0.4) is 0 Å². The molecule has 1 heterocycles. The Morgan fingerprint density at radius 1 is 1.00 bits per heavy atom. The third-order valence-corrected chi connectivity index (χ3v) is 5.51. The van der Waals surface area contributed by atoms with Crippen LogP contribution in [0.25, 0.3) is 0 Å². The van der Waals surface area contributed by atoms with E-state index in [9.17, 15) is 5.11 Å². The van der Waals surface area contributed by atoms with Crippen LogP contribution in [-0.4, -0.2) is 35.2 Å². The SMILES string of the molecule is CC(C)C1=C(C(C)C)C2(CCN(C(C)C)CC2)CC1O. The standard InChI is InChI=1S/C18H33NO/c1-12(2)16-15(20)11-18(17(16)13(3)4)7-9-19(10-8-18)14(5)6/h12-15,20H,7-11H2,1-6H3. The van der Waals surface area contributed by atoms with Crippen molar-refractivity contribution in [3.05, 3.63) is 11.1 Å². The molecule has 2 nitrogen and oxygen atoms in total. The van der Waals surface area contributed by atoms with Gasteiger partial charge in [-0.2, -0.15) is 0 Å². The molecule has 1 fully saturated rings. The van der Waals surface area contributed by atoms with Gasteiger partial charge in [0.25, 0.3) is 0 Å². The zero-order valence-electron chi connectivity index (χ0n) is 14.2. The highest BCUT2D eigenvalue weighted by molar-refractivity contribution is 5.35. The highest BCUT2D eigenvalue weighted by Crippen LogP contribution is 2.54. The van der Waals surface area contributed by atoms with Gasteiger partial charge in [0.1, 0.15) is 0 Å². The molecule has 1 atom stereocenters. The van der Waals surface area contributed by atoms with Gasteiger partial charge >= 0.3 is 0 Å². The zero-order valence-corrected chi connectivity index (χ0v) is 14.2. The summed E-state index contributed by atoms with van der Waals surface area (Å²) in [4.78, 5) is 2.59. The summed E-state index contributed by atoms with van der Waals surface area (Å²) in [6.45, 7) is 16.1. The average Bonchev–Trinajstić information content (AvgIpc) is 2.62. The van der Waals surface area contributed by atoms with E-state index in [0.717, 1.165) is 6.42 Å². The van der Waals surface area contributed by atoms with E-state index in [0.29, 0.717) is 23.3 Å². The third kappa shape index (κ3) is 2.69. The molecule has 2 aliphatic rings. The fourth-order valence-electron chi connectivity index (χ4n) is 4.66. The number of allylic oxidation sites excluding steroid dienone is 1. The van der Waals surface area contributed by atoms with Crippen LogP contribution < -0.4 is 0 Å². The fraction of sp³-hybridized carbons (Fsp3) is 0.889. The summed E-state index contributed by atoms with van der Waals surface area (Å²) in [6.07, 6.45) is 3.23. The first-order valence-electron chi connectivity index (χ1n) is 8.45. The molecule has 0 aromatic heterocycles. The number of rotatable bonds is 3. The average molecular weight is 279 g/mol. The van der Waals surface area contributed by atoms with Gasteiger partial charge in [0.15, 0.2) is 0 Å². The molecule has 2 heteroatoms. The maximum atomic E-state index is 10.6. The molecule has 0 saturated carbocycles. The predicted octanol–water partition coefficient (Wildman–Crippen LogP) is 3.85. The minimum absolute atomic E-state index is 0.196. The Hall–Kier alpha value is -0.340. The Morgan fingerprint density at radius 2 is 1.55 bits per heavy atom. The fourth-order valence-corrected chi connectivity index (χ4v) is 4.66. The van der Waals surface area contributed by atoms with Crippen molar-refractivity contribution in [3.8, 4) is 0 Å². The highest BCUT2D eigenvalue weighted by Gasteiger charge is 2.47. The summed E-state index contributed by atoms with van der Waals surface area (Å²) in [5.41, 5.74) is 3.25. The Labute approximate surface area is 125 Å². The second-order valence-corrected chi connectivity index (χ2v) is 7.81. The first kappa shape index (κ1) is 16.0. The van der Waals surface area contributed by atoms with Crippen LogP contribution in [-0.2, 0) is 0 Å². The molecule has 1 spiro atoms. The summed E-state index contributed by atoms with van der Waals surface area (Å²) in [6, 6.07) is 0.648. The van der Waals surface area contributed by atoms with Crippen molar-refractivity contribution < 1.29 is 5.11 Å². The van der Waals surface area contributed by atoms with Gasteiger partial charge in [0.05, 0.1) is 6.10 Å². The lowest BCUT2D eigenvalue weighted by atomic mass is 9.69. The van der Waals surface area contributed by atoms with E-state index in [2.05, 4.69) is 46.4 Å². The summed E-state index contributed by atoms with van der Waals surface area (Å²) in [5, 5.41) is 10.6. The largest absolute Gasteiger partial charge is 0.389 e. The molecule has 116 valence electrons. The molecule has 1 unspecified atom stereocenters. The van der Waals surface area contributed by atoms with Gasteiger partial charge in [-0.15, -0.1) is 0 Å². The Kier molecular flexibility index (Phi) is 4.66. The minimum atomic E-state index is -0.196. The van der Waals surface area contributed by atoms with E-state index in [1.807, 2.05) is 0 Å². The topological polar surface area (TPSA) is 23.5 Å². The molecule has 1 N–H and O–H groups in total. The molecule has 0 aromatic carbocycles. The smallest absolute Gasteiger partial charge is 0.0763 e. The third-order valence-electron chi connectivity index (χ3n) is 5.51. The lowest BCUT2D eigenvalue weighted by Gasteiger charge is -2.44.